The van der Waals surface area contributed by atoms with Crippen molar-refractivity contribution in [3.05, 3.63) is 83.4 Å². The summed E-state index contributed by atoms with van der Waals surface area (Å²) < 4.78 is 7.59. The monoisotopic (exact) mass is 429 g/mol. The molecule has 164 valence electrons. The Balaban J connectivity index is 1.40. The van der Waals surface area contributed by atoms with E-state index in [1.54, 1.807) is 13.4 Å². The zero-order chi connectivity index (χ0) is 22.1. The summed E-state index contributed by atoms with van der Waals surface area (Å²) in [6.45, 7) is 4.94. The van der Waals surface area contributed by atoms with E-state index >= 15 is 0 Å². The second kappa shape index (κ2) is 8.16. The van der Waals surface area contributed by atoms with Gasteiger partial charge in [-0.1, -0.05) is 47.1 Å². The predicted molar refractivity (Wildman–Crippen MR) is 124 cm³/mol. The number of hydrogen-bond acceptors (Lipinski definition) is 6. The number of nitrogens with one attached hydrogen (secondary N) is 1. The number of aryl methyl sites for hydroxylation is 2. The number of aromatic nitrogens is 2. The van der Waals surface area contributed by atoms with Crippen LogP contribution in [0.25, 0.3) is 11.8 Å². The molecule has 2 aliphatic rings. The average Bonchev–Trinajstić information content (AvgIpc) is 3.42. The molecule has 0 aliphatic carbocycles. The first-order chi connectivity index (χ1) is 15.6. The summed E-state index contributed by atoms with van der Waals surface area (Å²) in [5.41, 5.74) is 8.11. The van der Waals surface area contributed by atoms with E-state index in [2.05, 4.69) is 57.8 Å². The van der Waals surface area contributed by atoms with Crippen molar-refractivity contribution in [2.24, 2.45) is 5.16 Å². The van der Waals surface area contributed by atoms with Gasteiger partial charge < -0.3 is 14.1 Å². The predicted octanol–water partition coefficient (Wildman–Crippen LogP) is 4.31. The van der Waals surface area contributed by atoms with E-state index in [4.69, 9.17) is 9.57 Å². The number of hydrogen-bond donors (Lipinski definition) is 1. The molecule has 7 nitrogen and oxygen atoms in total. The van der Waals surface area contributed by atoms with E-state index in [9.17, 15) is 0 Å². The fourth-order valence-corrected chi connectivity index (χ4v) is 4.25. The van der Waals surface area contributed by atoms with Crippen LogP contribution in [-0.4, -0.2) is 34.1 Å². The van der Waals surface area contributed by atoms with Gasteiger partial charge in [0.05, 0.1) is 24.8 Å². The lowest BCUT2D eigenvalue weighted by molar-refractivity contribution is -0.144. The maximum Gasteiger partial charge on any atom is 0.250 e. The van der Waals surface area contributed by atoms with Gasteiger partial charge in [-0.05, 0) is 44.0 Å². The minimum absolute atomic E-state index is 0.605. The minimum Gasteiger partial charge on any atom is -0.495 e. The van der Waals surface area contributed by atoms with Gasteiger partial charge in [-0.25, -0.2) is 15.4 Å². The van der Waals surface area contributed by atoms with Crippen LogP contribution in [0.5, 0.6) is 5.75 Å². The number of hydrazine groups is 1. The molecule has 1 saturated heterocycles. The Bertz CT molecular complexity index is 1180. The van der Waals surface area contributed by atoms with E-state index in [1.807, 2.05) is 42.0 Å². The second-order valence-electron chi connectivity index (χ2n) is 8.23. The van der Waals surface area contributed by atoms with Crippen LogP contribution in [0.15, 0.2) is 66.2 Å². The summed E-state index contributed by atoms with van der Waals surface area (Å²) in [6.07, 6.45) is 9.66. The third kappa shape index (κ3) is 3.54. The van der Waals surface area contributed by atoms with Crippen molar-refractivity contribution in [2.75, 3.05) is 13.7 Å². The number of oxime groups is 1. The van der Waals surface area contributed by atoms with E-state index in [0.717, 1.165) is 53.5 Å². The molecule has 32 heavy (non-hydrogen) atoms. The molecule has 2 aliphatic heterocycles. The van der Waals surface area contributed by atoms with Crippen molar-refractivity contribution in [3.8, 4) is 11.4 Å². The van der Waals surface area contributed by atoms with Crippen molar-refractivity contribution in [2.45, 2.75) is 32.4 Å². The molecular weight excluding hydrogens is 402 g/mol. The standard InChI is InChI=1S/C25H27N5O2/c1-18-5-9-21(10-6-18)25-13-4-14-27-30(25)24(28-32-25)12-8-20-7-11-22(23(15-20)31-3)29-16-19(2)26-17-29/h5-12,15-17,27H,4,13-14H2,1-3H3/b12-8+. The first-order valence-corrected chi connectivity index (χ1v) is 10.8. The van der Waals surface area contributed by atoms with Crippen LogP contribution < -0.4 is 10.2 Å². The van der Waals surface area contributed by atoms with Gasteiger partial charge >= 0.3 is 0 Å². The second-order valence-corrected chi connectivity index (χ2v) is 8.23. The zero-order valence-corrected chi connectivity index (χ0v) is 18.6. The van der Waals surface area contributed by atoms with Crippen molar-refractivity contribution < 1.29 is 9.57 Å². The van der Waals surface area contributed by atoms with Crippen LogP contribution >= 0.6 is 0 Å². The van der Waals surface area contributed by atoms with Crippen LogP contribution in [0.2, 0.25) is 0 Å². The molecule has 0 spiro atoms. The Morgan fingerprint density at radius 1 is 1.12 bits per heavy atom. The Morgan fingerprint density at radius 3 is 2.72 bits per heavy atom. The van der Waals surface area contributed by atoms with Gasteiger partial charge in [0.1, 0.15) is 5.75 Å². The number of imidazole rings is 1. The number of fused-ring (bicyclic) bond motifs is 1. The van der Waals surface area contributed by atoms with E-state index < -0.39 is 5.72 Å². The molecule has 5 rings (SSSR count). The van der Waals surface area contributed by atoms with Crippen molar-refractivity contribution >= 4 is 11.9 Å². The number of rotatable bonds is 5. The van der Waals surface area contributed by atoms with E-state index in [1.165, 1.54) is 5.56 Å². The molecule has 1 unspecified atom stereocenters. The normalized spacial score (nSPS) is 20.2. The summed E-state index contributed by atoms with van der Waals surface area (Å²) in [6, 6.07) is 14.6. The lowest BCUT2D eigenvalue weighted by atomic mass is 9.94. The number of amidine groups is 1. The van der Waals surface area contributed by atoms with Gasteiger partial charge in [0.2, 0.25) is 5.72 Å². The van der Waals surface area contributed by atoms with Gasteiger partial charge in [-0.2, -0.15) is 0 Å². The van der Waals surface area contributed by atoms with Gasteiger partial charge in [0, 0.05) is 24.7 Å². The SMILES string of the molecule is COc1cc(/C=C/C2=NOC3(c4ccc(C)cc4)CCCNN23)ccc1-n1cnc(C)c1. The molecule has 0 radical (unpaired) electrons. The summed E-state index contributed by atoms with van der Waals surface area (Å²) in [5, 5.41) is 6.48. The van der Waals surface area contributed by atoms with Gasteiger partial charge in [0.15, 0.2) is 5.84 Å². The minimum atomic E-state index is -0.605. The van der Waals surface area contributed by atoms with Crippen LogP contribution in [0, 0.1) is 13.8 Å². The fourth-order valence-electron chi connectivity index (χ4n) is 4.25. The molecule has 3 aromatic rings. The number of benzene rings is 2. The fraction of sp³-hybridized carbons (Fsp3) is 0.280. The first kappa shape index (κ1) is 20.3. The highest BCUT2D eigenvalue weighted by atomic mass is 16.7. The molecule has 1 N–H and O–H groups in total. The third-order valence-electron chi connectivity index (χ3n) is 5.96. The molecule has 0 bridgehead atoms. The first-order valence-electron chi connectivity index (χ1n) is 10.8. The Hall–Kier alpha value is -3.58. The zero-order valence-electron chi connectivity index (χ0n) is 18.6. The highest BCUT2D eigenvalue weighted by Crippen LogP contribution is 2.40. The van der Waals surface area contributed by atoms with Crippen LogP contribution in [0.4, 0.5) is 0 Å². The lowest BCUT2D eigenvalue weighted by Crippen LogP contribution is -2.56. The average molecular weight is 430 g/mol. The summed E-state index contributed by atoms with van der Waals surface area (Å²) >= 11 is 0. The van der Waals surface area contributed by atoms with Crippen LogP contribution in [-0.2, 0) is 10.6 Å². The highest BCUT2D eigenvalue weighted by molar-refractivity contribution is 5.97. The molecule has 0 saturated carbocycles. The van der Waals surface area contributed by atoms with Gasteiger partial charge in [0.25, 0.3) is 0 Å². The maximum absolute atomic E-state index is 6.06. The summed E-state index contributed by atoms with van der Waals surface area (Å²) in [7, 11) is 1.68. The molecular formula is C25H27N5O2. The molecule has 7 heteroatoms. The van der Waals surface area contributed by atoms with Gasteiger partial charge in [-0.3, -0.25) is 0 Å². The van der Waals surface area contributed by atoms with E-state index in [0.29, 0.717) is 0 Å². The topological polar surface area (TPSA) is 63.9 Å². The largest absolute Gasteiger partial charge is 0.495 e. The number of ether oxygens (including phenoxy) is 1. The highest BCUT2D eigenvalue weighted by Gasteiger charge is 2.48. The van der Waals surface area contributed by atoms with Crippen LogP contribution in [0.3, 0.4) is 0 Å². The smallest absolute Gasteiger partial charge is 0.250 e. The molecule has 2 aromatic carbocycles. The quantitative estimate of drug-likeness (QED) is 0.655. The molecule has 1 aromatic heterocycles. The molecule has 3 heterocycles. The maximum atomic E-state index is 6.06. The Kier molecular flexibility index (Phi) is 5.19. The Labute approximate surface area is 187 Å². The van der Waals surface area contributed by atoms with Crippen molar-refractivity contribution in [3.63, 3.8) is 0 Å². The van der Waals surface area contributed by atoms with E-state index in [-0.39, 0.29) is 0 Å². The van der Waals surface area contributed by atoms with Gasteiger partial charge in [-0.15, -0.1) is 0 Å². The summed E-state index contributed by atoms with van der Waals surface area (Å²) in [4.78, 5) is 10.4. The Morgan fingerprint density at radius 2 is 1.97 bits per heavy atom. The number of nitrogens with zero attached hydrogens (tertiary/aromatic N) is 4. The molecule has 0 amide bonds. The molecule has 1 atom stereocenters. The number of methoxy groups -OCH3 is 1. The van der Waals surface area contributed by atoms with Crippen molar-refractivity contribution in [1.82, 2.24) is 20.0 Å². The van der Waals surface area contributed by atoms with Crippen molar-refractivity contribution in [1.29, 1.82) is 0 Å². The third-order valence-corrected chi connectivity index (χ3v) is 5.96. The van der Waals surface area contributed by atoms with Crippen LogP contribution in [0.1, 0.15) is 35.2 Å². The lowest BCUT2D eigenvalue weighted by Gasteiger charge is -2.40. The summed E-state index contributed by atoms with van der Waals surface area (Å²) in [5.74, 6) is 1.53. The molecule has 1 fully saturated rings.